The van der Waals surface area contributed by atoms with E-state index in [-0.39, 0.29) is 12.1 Å². The number of anilines is 1. The summed E-state index contributed by atoms with van der Waals surface area (Å²) in [7, 11) is 0. The first-order valence-corrected chi connectivity index (χ1v) is 10.3. The van der Waals surface area contributed by atoms with Gasteiger partial charge in [0.25, 0.3) is 0 Å². The Hall–Kier alpha value is -1.64. The molecule has 146 valence electrons. The van der Waals surface area contributed by atoms with E-state index in [1.54, 1.807) is 17.4 Å². The molecule has 2 aromatic rings. The molecule has 1 aliphatic rings. The summed E-state index contributed by atoms with van der Waals surface area (Å²) in [5.74, 6) is 0. The lowest BCUT2D eigenvalue weighted by atomic mass is 10.1. The van der Waals surface area contributed by atoms with Crippen LogP contribution in [-0.4, -0.2) is 24.2 Å². The Morgan fingerprint density at radius 1 is 1.19 bits per heavy atom. The number of rotatable bonds is 5. The second kappa shape index (κ2) is 8.58. The highest BCUT2D eigenvalue weighted by atomic mass is 32.1. The molecule has 0 amide bonds. The number of hydrogen-bond acceptors (Lipinski definition) is 2. The number of nitrogens with one attached hydrogen (secondary N) is 3. The Kier molecular flexibility index (Phi) is 6.39. The average Bonchev–Trinajstić information content (AvgIpc) is 3.29. The Labute approximate surface area is 166 Å². The summed E-state index contributed by atoms with van der Waals surface area (Å²) in [6, 6.07) is 9.60. The summed E-state index contributed by atoms with van der Waals surface area (Å²) < 4.78 is 38.6. The van der Waals surface area contributed by atoms with Crippen LogP contribution >= 0.6 is 23.6 Å². The number of benzene rings is 1. The van der Waals surface area contributed by atoms with E-state index < -0.39 is 11.7 Å². The van der Waals surface area contributed by atoms with E-state index in [2.05, 4.69) is 35.1 Å². The second-order valence-electron chi connectivity index (χ2n) is 6.82. The maximum absolute atomic E-state index is 12.9. The van der Waals surface area contributed by atoms with E-state index in [1.807, 2.05) is 0 Å². The Morgan fingerprint density at radius 2 is 1.93 bits per heavy atom. The summed E-state index contributed by atoms with van der Waals surface area (Å²) in [6.45, 7) is 4.33. The molecule has 0 bridgehead atoms. The van der Waals surface area contributed by atoms with Crippen molar-refractivity contribution in [2.75, 3.05) is 18.4 Å². The first kappa shape index (κ1) is 20.1. The first-order chi connectivity index (χ1) is 12.8. The minimum Gasteiger partial charge on any atom is -0.354 e. The zero-order valence-electron chi connectivity index (χ0n) is 15.0. The van der Waals surface area contributed by atoms with Crippen LogP contribution in [0.3, 0.4) is 0 Å². The van der Waals surface area contributed by atoms with Crippen LogP contribution in [-0.2, 0) is 6.18 Å². The third kappa shape index (κ3) is 5.21. The molecule has 1 aromatic heterocycles. The molecule has 2 heterocycles. The van der Waals surface area contributed by atoms with Crippen molar-refractivity contribution in [1.82, 2.24) is 5.32 Å². The minimum atomic E-state index is -4.37. The van der Waals surface area contributed by atoms with Gasteiger partial charge < -0.3 is 15.5 Å². The van der Waals surface area contributed by atoms with Crippen LogP contribution in [0, 0.1) is 0 Å². The lowest BCUT2D eigenvalue weighted by Crippen LogP contribution is -3.11. The quantitative estimate of drug-likeness (QED) is 0.649. The summed E-state index contributed by atoms with van der Waals surface area (Å²) >= 11 is 7.10. The summed E-state index contributed by atoms with van der Waals surface area (Å²) in [5.41, 5.74) is -0.364. The van der Waals surface area contributed by atoms with E-state index in [1.165, 1.54) is 28.7 Å². The smallest absolute Gasteiger partial charge is 0.354 e. The molecule has 1 fully saturated rings. The van der Waals surface area contributed by atoms with E-state index in [0.29, 0.717) is 10.8 Å². The van der Waals surface area contributed by atoms with Crippen LogP contribution in [0.1, 0.15) is 36.2 Å². The summed E-state index contributed by atoms with van der Waals surface area (Å²) in [6.07, 6.45) is -1.93. The molecule has 2 atom stereocenters. The third-order valence-electron chi connectivity index (χ3n) is 4.84. The van der Waals surface area contributed by atoms with Crippen molar-refractivity contribution in [3.8, 4) is 0 Å². The second-order valence-corrected chi connectivity index (χ2v) is 8.21. The highest BCUT2D eigenvalue weighted by molar-refractivity contribution is 7.80. The predicted octanol–water partition coefficient (Wildman–Crippen LogP) is 3.86. The molecule has 1 aromatic carbocycles. The van der Waals surface area contributed by atoms with E-state index in [9.17, 15) is 13.2 Å². The zero-order valence-corrected chi connectivity index (χ0v) is 16.6. The van der Waals surface area contributed by atoms with Crippen LogP contribution in [0.25, 0.3) is 0 Å². The molecule has 1 aliphatic heterocycles. The lowest BCUT2D eigenvalue weighted by Gasteiger charge is -2.30. The van der Waals surface area contributed by atoms with Crippen molar-refractivity contribution in [2.24, 2.45) is 0 Å². The first-order valence-electron chi connectivity index (χ1n) is 8.97. The number of thiocarbonyl (C=S) groups is 1. The van der Waals surface area contributed by atoms with Gasteiger partial charge in [0.05, 0.1) is 29.6 Å². The number of halogens is 3. The molecule has 8 heteroatoms. The van der Waals surface area contributed by atoms with Crippen LogP contribution in [0.4, 0.5) is 18.9 Å². The molecule has 0 aliphatic carbocycles. The van der Waals surface area contributed by atoms with Crippen molar-refractivity contribution in [2.45, 2.75) is 38.0 Å². The van der Waals surface area contributed by atoms with Crippen molar-refractivity contribution in [3.05, 3.63) is 52.2 Å². The molecule has 0 unspecified atom stereocenters. The Morgan fingerprint density at radius 3 is 2.56 bits per heavy atom. The maximum atomic E-state index is 12.9. The van der Waals surface area contributed by atoms with E-state index in [0.717, 1.165) is 25.2 Å². The highest BCUT2D eigenvalue weighted by Gasteiger charge is 2.33. The fourth-order valence-electron chi connectivity index (χ4n) is 3.64. The van der Waals surface area contributed by atoms with Gasteiger partial charge in [0, 0.05) is 18.5 Å². The molecule has 0 saturated carbocycles. The topological polar surface area (TPSA) is 28.5 Å². The monoisotopic (exact) mass is 414 g/mol. The molecule has 3 N–H and O–H groups in total. The number of thiophene rings is 1. The van der Waals surface area contributed by atoms with Gasteiger partial charge >= 0.3 is 6.18 Å². The van der Waals surface area contributed by atoms with Crippen LogP contribution < -0.4 is 15.5 Å². The van der Waals surface area contributed by atoms with Crippen LogP contribution in [0.2, 0.25) is 0 Å². The SMILES string of the molecule is C[C@H](NC(=S)Nc1cccc(C(F)(F)F)c1)[C@H](c1cccs1)[NH+]1CCCC1. The number of alkyl halides is 3. The van der Waals surface area contributed by atoms with Gasteiger partial charge in [-0.1, -0.05) is 12.1 Å². The summed E-state index contributed by atoms with van der Waals surface area (Å²) in [5, 5.41) is 8.58. The highest BCUT2D eigenvalue weighted by Crippen LogP contribution is 2.30. The van der Waals surface area contributed by atoms with Gasteiger partial charge in [-0.2, -0.15) is 13.2 Å². The van der Waals surface area contributed by atoms with Crippen molar-refractivity contribution >= 4 is 34.4 Å². The normalized spacial score (nSPS) is 17.5. The Bertz CT molecular complexity index is 756. The molecular formula is C19H23F3N3S2+. The predicted molar refractivity (Wildman–Crippen MR) is 107 cm³/mol. The maximum Gasteiger partial charge on any atom is 0.416 e. The molecular weight excluding hydrogens is 391 g/mol. The zero-order chi connectivity index (χ0) is 19.4. The Balaban J connectivity index is 1.67. The number of quaternary nitrogens is 1. The molecule has 1 saturated heterocycles. The fourth-order valence-corrected chi connectivity index (χ4v) is 4.93. The van der Waals surface area contributed by atoms with Crippen molar-refractivity contribution in [3.63, 3.8) is 0 Å². The van der Waals surface area contributed by atoms with Gasteiger partial charge in [-0.25, -0.2) is 0 Å². The van der Waals surface area contributed by atoms with Gasteiger partial charge in [-0.05, 0) is 48.8 Å². The molecule has 3 nitrogen and oxygen atoms in total. The van der Waals surface area contributed by atoms with Gasteiger partial charge in [0.15, 0.2) is 5.11 Å². The molecule has 0 spiro atoms. The summed E-state index contributed by atoms with van der Waals surface area (Å²) in [4.78, 5) is 2.83. The minimum absolute atomic E-state index is 0.0579. The molecule has 27 heavy (non-hydrogen) atoms. The van der Waals surface area contributed by atoms with Crippen LogP contribution in [0.5, 0.6) is 0 Å². The van der Waals surface area contributed by atoms with Gasteiger partial charge in [0.2, 0.25) is 0 Å². The van der Waals surface area contributed by atoms with E-state index >= 15 is 0 Å². The van der Waals surface area contributed by atoms with Gasteiger partial charge in [-0.3, -0.25) is 0 Å². The van der Waals surface area contributed by atoms with Crippen LogP contribution in [0.15, 0.2) is 41.8 Å². The lowest BCUT2D eigenvalue weighted by molar-refractivity contribution is -0.920. The number of likely N-dealkylation sites (tertiary alicyclic amines) is 1. The van der Waals surface area contributed by atoms with Gasteiger partial charge in [0.1, 0.15) is 6.04 Å². The van der Waals surface area contributed by atoms with E-state index in [4.69, 9.17) is 12.2 Å². The average molecular weight is 415 g/mol. The van der Waals surface area contributed by atoms with Crippen molar-refractivity contribution < 1.29 is 18.1 Å². The molecule has 3 rings (SSSR count). The number of hydrogen-bond donors (Lipinski definition) is 3. The largest absolute Gasteiger partial charge is 0.416 e. The molecule has 0 radical (unpaired) electrons. The van der Waals surface area contributed by atoms with Crippen molar-refractivity contribution in [1.29, 1.82) is 0 Å². The third-order valence-corrected chi connectivity index (χ3v) is 6.02. The fraction of sp³-hybridized carbons (Fsp3) is 0.421. The standard InChI is InChI=1S/C19H22F3N3S2/c1-13(17(16-8-5-11-27-16)25-9-2-3-10-25)23-18(26)24-15-7-4-6-14(12-15)19(20,21)22/h4-8,11-13,17H,2-3,9-10H2,1H3,(H2,23,24,26)/p+1/t13-,17+/m0/s1. The van der Waals surface area contributed by atoms with Gasteiger partial charge in [-0.15, -0.1) is 11.3 Å².